The Morgan fingerprint density at radius 3 is 1.89 bits per heavy atom. The molecule has 2 amide bonds. The van der Waals surface area contributed by atoms with E-state index in [1.54, 1.807) is 4.90 Å². The lowest BCUT2D eigenvalue weighted by molar-refractivity contribution is -0.143. The number of likely N-dealkylation sites (tertiary alicyclic amines) is 1. The number of hydrogen-bond acceptors (Lipinski definition) is 2. The number of carbonyl (C=O) groups excluding carboxylic acids is 2. The maximum atomic E-state index is 12.7. The van der Waals surface area contributed by atoms with E-state index in [0.717, 1.165) is 19.3 Å². The molecule has 102 valence electrons. The number of amides is 2. The molecule has 3 aliphatic carbocycles. The normalized spacial score (nSPS) is 42.0. The molecule has 0 N–H and O–H groups in total. The van der Waals surface area contributed by atoms with Crippen LogP contribution in [0.25, 0.3) is 0 Å². The Labute approximate surface area is 114 Å². The highest BCUT2D eigenvalue weighted by Gasteiger charge is 2.60. The lowest BCUT2D eigenvalue weighted by Gasteiger charge is -2.26. The predicted octanol–water partition coefficient (Wildman–Crippen LogP) is 2.52. The Bertz CT molecular complexity index is 418. The highest BCUT2D eigenvalue weighted by molar-refractivity contribution is 6.06. The summed E-state index contributed by atoms with van der Waals surface area (Å²) in [6, 6.07) is 0.201. The minimum absolute atomic E-state index is 0.00856. The fraction of sp³-hybridized carbons (Fsp3) is 0.750. The fourth-order valence-electron chi connectivity index (χ4n) is 4.80. The summed E-state index contributed by atoms with van der Waals surface area (Å²) in [4.78, 5) is 27.0. The van der Waals surface area contributed by atoms with Crippen molar-refractivity contribution in [1.29, 1.82) is 0 Å². The Morgan fingerprint density at radius 2 is 1.37 bits per heavy atom. The van der Waals surface area contributed by atoms with Gasteiger partial charge in [0.15, 0.2) is 0 Å². The summed E-state index contributed by atoms with van der Waals surface area (Å²) in [7, 11) is 0. The van der Waals surface area contributed by atoms with Crippen LogP contribution >= 0.6 is 0 Å². The first kappa shape index (κ1) is 11.7. The van der Waals surface area contributed by atoms with Gasteiger partial charge >= 0.3 is 0 Å². The molecule has 3 nitrogen and oxygen atoms in total. The molecule has 0 spiro atoms. The molecular formula is C16H21NO2. The average molecular weight is 259 g/mol. The third kappa shape index (κ3) is 1.56. The Morgan fingerprint density at radius 1 is 0.842 bits per heavy atom. The molecule has 0 radical (unpaired) electrons. The van der Waals surface area contributed by atoms with E-state index in [-0.39, 0.29) is 29.7 Å². The number of imide groups is 1. The van der Waals surface area contributed by atoms with E-state index in [1.807, 2.05) is 0 Å². The van der Waals surface area contributed by atoms with Gasteiger partial charge in [-0.25, -0.2) is 0 Å². The van der Waals surface area contributed by atoms with E-state index in [1.165, 1.54) is 25.7 Å². The van der Waals surface area contributed by atoms with Crippen LogP contribution in [0, 0.1) is 23.7 Å². The zero-order valence-electron chi connectivity index (χ0n) is 11.3. The molecule has 2 saturated carbocycles. The Balaban J connectivity index is 1.61. The minimum Gasteiger partial charge on any atom is -0.279 e. The molecule has 1 saturated heterocycles. The van der Waals surface area contributed by atoms with Gasteiger partial charge in [0.25, 0.3) is 0 Å². The summed E-state index contributed by atoms with van der Waals surface area (Å²) in [5, 5.41) is 0. The molecule has 3 heteroatoms. The smallest absolute Gasteiger partial charge is 0.233 e. The van der Waals surface area contributed by atoms with Gasteiger partial charge < -0.3 is 0 Å². The summed E-state index contributed by atoms with van der Waals surface area (Å²) < 4.78 is 0. The molecule has 0 aromatic carbocycles. The van der Waals surface area contributed by atoms with Crippen molar-refractivity contribution in [3.63, 3.8) is 0 Å². The van der Waals surface area contributed by atoms with Gasteiger partial charge in [-0.1, -0.05) is 37.8 Å². The second-order valence-electron chi connectivity index (χ2n) is 6.69. The molecule has 2 bridgehead atoms. The number of nitrogens with zero attached hydrogens (tertiary/aromatic N) is 1. The van der Waals surface area contributed by atoms with Crippen LogP contribution in [-0.4, -0.2) is 22.8 Å². The quantitative estimate of drug-likeness (QED) is 0.412. The third-order valence-corrected chi connectivity index (χ3v) is 5.69. The molecule has 1 aliphatic heterocycles. The van der Waals surface area contributed by atoms with E-state index in [4.69, 9.17) is 0 Å². The molecule has 1 heterocycles. The summed E-state index contributed by atoms with van der Waals surface area (Å²) in [5.74, 6) is 0.985. The summed E-state index contributed by atoms with van der Waals surface area (Å²) >= 11 is 0. The van der Waals surface area contributed by atoms with Gasteiger partial charge in [0.1, 0.15) is 0 Å². The molecular weight excluding hydrogens is 238 g/mol. The molecule has 0 unspecified atom stereocenters. The van der Waals surface area contributed by atoms with Crippen LogP contribution in [0.1, 0.15) is 44.9 Å². The van der Waals surface area contributed by atoms with Crippen molar-refractivity contribution in [2.24, 2.45) is 23.7 Å². The van der Waals surface area contributed by atoms with Gasteiger partial charge in [-0.2, -0.15) is 0 Å². The van der Waals surface area contributed by atoms with Crippen LogP contribution in [-0.2, 0) is 9.59 Å². The number of allylic oxidation sites excluding steroid dienone is 2. The van der Waals surface area contributed by atoms with Crippen molar-refractivity contribution in [2.45, 2.75) is 51.0 Å². The largest absolute Gasteiger partial charge is 0.279 e. The van der Waals surface area contributed by atoms with Crippen LogP contribution in [0.4, 0.5) is 0 Å². The first-order valence-electron chi connectivity index (χ1n) is 7.82. The van der Waals surface area contributed by atoms with Crippen molar-refractivity contribution in [3.05, 3.63) is 12.2 Å². The molecule has 19 heavy (non-hydrogen) atoms. The minimum atomic E-state index is -0.00856. The maximum absolute atomic E-state index is 12.7. The van der Waals surface area contributed by atoms with Gasteiger partial charge in [0.2, 0.25) is 11.8 Å². The fourth-order valence-corrected chi connectivity index (χ4v) is 4.80. The number of rotatable bonds is 1. The zero-order chi connectivity index (χ0) is 13.0. The van der Waals surface area contributed by atoms with E-state index < -0.39 is 0 Å². The van der Waals surface area contributed by atoms with Crippen molar-refractivity contribution < 1.29 is 9.59 Å². The molecule has 3 fully saturated rings. The standard InChI is InChI=1S/C16H21NO2/c18-15-13-10-7-8-11(9-10)14(13)16(19)17(15)12-5-3-1-2-4-6-12/h7-8,10-14H,1-6,9H2/t10-,11-,13-,14-/m0/s1. The summed E-state index contributed by atoms with van der Waals surface area (Å²) in [5.41, 5.74) is 0. The SMILES string of the molecule is O=C1[C@@H]2[C@@H](C(=O)N1C1CCCCCC1)[C@H]1C=C[C@H]2C1. The van der Waals surface area contributed by atoms with Crippen LogP contribution in [0.5, 0.6) is 0 Å². The van der Waals surface area contributed by atoms with Crippen molar-refractivity contribution >= 4 is 11.8 Å². The van der Waals surface area contributed by atoms with Gasteiger partial charge in [-0.15, -0.1) is 0 Å². The van der Waals surface area contributed by atoms with Gasteiger partial charge in [0, 0.05) is 6.04 Å². The number of hydrogen-bond donors (Lipinski definition) is 0. The lowest BCUT2D eigenvalue weighted by atomic mass is 9.85. The third-order valence-electron chi connectivity index (χ3n) is 5.69. The lowest BCUT2D eigenvalue weighted by Crippen LogP contribution is -2.41. The van der Waals surface area contributed by atoms with E-state index in [0.29, 0.717) is 11.8 Å². The molecule has 4 rings (SSSR count). The number of carbonyl (C=O) groups is 2. The predicted molar refractivity (Wildman–Crippen MR) is 71.1 cm³/mol. The van der Waals surface area contributed by atoms with Crippen molar-refractivity contribution in [3.8, 4) is 0 Å². The van der Waals surface area contributed by atoms with Crippen LogP contribution in [0.3, 0.4) is 0 Å². The second-order valence-corrected chi connectivity index (χ2v) is 6.69. The Hall–Kier alpha value is -1.12. The first-order chi connectivity index (χ1) is 9.27. The zero-order valence-corrected chi connectivity index (χ0v) is 11.3. The van der Waals surface area contributed by atoms with E-state index >= 15 is 0 Å². The Kier molecular flexibility index (Phi) is 2.58. The van der Waals surface area contributed by atoms with Crippen molar-refractivity contribution in [2.75, 3.05) is 0 Å². The van der Waals surface area contributed by atoms with Gasteiger partial charge in [-0.05, 0) is 31.1 Å². The van der Waals surface area contributed by atoms with Crippen LogP contribution < -0.4 is 0 Å². The van der Waals surface area contributed by atoms with Crippen molar-refractivity contribution in [1.82, 2.24) is 4.90 Å². The highest BCUT2D eigenvalue weighted by Crippen LogP contribution is 2.53. The molecule has 0 aromatic rings. The molecule has 4 aliphatic rings. The highest BCUT2D eigenvalue weighted by atomic mass is 16.2. The van der Waals surface area contributed by atoms with E-state index in [2.05, 4.69) is 12.2 Å². The number of fused-ring (bicyclic) bond motifs is 5. The molecule has 0 aromatic heterocycles. The summed E-state index contributed by atoms with van der Waals surface area (Å²) in [6.45, 7) is 0. The van der Waals surface area contributed by atoms with Gasteiger partial charge in [0.05, 0.1) is 11.8 Å². The first-order valence-corrected chi connectivity index (χ1v) is 7.82. The van der Waals surface area contributed by atoms with Gasteiger partial charge in [-0.3, -0.25) is 14.5 Å². The maximum Gasteiger partial charge on any atom is 0.233 e. The monoisotopic (exact) mass is 259 g/mol. The van der Waals surface area contributed by atoms with Crippen LogP contribution in [0.15, 0.2) is 12.2 Å². The molecule has 4 atom stereocenters. The summed E-state index contributed by atoms with van der Waals surface area (Å²) in [6.07, 6.45) is 12.3. The topological polar surface area (TPSA) is 37.4 Å². The van der Waals surface area contributed by atoms with E-state index in [9.17, 15) is 9.59 Å². The van der Waals surface area contributed by atoms with Crippen LogP contribution in [0.2, 0.25) is 0 Å². The average Bonchev–Trinajstić information content (AvgIpc) is 3.00. The second kappa shape index (κ2) is 4.19.